The maximum absolute atomic E-state index is 12.2. The first-order chi connectivity index (χ1) is 8.80. The summed E-state index contributed by atoms with van der Waals surface area (Å²) in [6.45, 7) is 1.43. The Hall–Kier alpha value is -0.820. The molecule has 0 aliphatic heterocycles. The van der Waals surface area contributed by atoms with Crippen LogP contribution in [0.2, 0.25) is 10.0 Å². The van der Waals surface area contributed by atoms with Gasteiger partial charge >= 0.3 is 5.97 Å². The van der Waals surface area contributed by atoms with Crippen molar-refractivity contribution in [3.63, 3.8) is 0 Å². The minimum atomic E-state index is -3.89. The molecule has 5 nitrogen and oxygen atoms in total. The van der Waals surface area contributed by atoms with Crippen LogP contribution >= 0.6 is 23.2 Å². The molecule has 19 heavy (non-hydrogen) atoms. The lowest BCUT2D eigenvalue weighted by Crippen LogP contribution is -2.33. The van der Waals surface area contributed by atoms with Crippen LogP contribution in [0.1, 0.15) is 6.92 Å². The van der Waals surface area contributed by atoms with Gasteiger partial charge in [0.2, 0.25) is 10.0 Å². The Morgan fingerprint density at radius 2 is 2.00 bits per heavy atom. The normalized spacial score (nSPS) is 11.6. The van der Waals surface area contributed by atoms with Crippen molar-refractivity contribution in [2.24, 2.45) is 0 Å². The number of carbonyl (C=O) groups excluding carboxylic acids is 1. The monoisotopic (exact) mass is 325 g/mol. The third-order valence-corrected chi connectivity index (χ3v) is 5.04. The van der Waals surface area contributed by atoms with E-state index in [-0.39, 0.29) is 28.1 Å². The molecule has 0 aromatic heterocycles. The van der Waals surface area contributed by atoms with Crippen molar-refractivity contribution in [3.8, 4) is 0 Å². The molecule has 0 bridgehead atoms. The Labute approximate surface area is 122 Å². The summed E-state index contributed by atoms with van der Waals surface area (Å²) in [5, 5.41) is 0.0622. The molecule has 8 heteroatoms. The lowest BCUT2D eigenvalue weighted by molar-refractivity contribution is -0.143. The summed E-state index contributed by atoms with van der Waals surface area (Å²) in [5.74, 6) is -0.633. The van der Waals surface area contributed by atoms with Crippen LogP contribution in [0.15, 0.2) is 23.1 Å². The van der Waals surface area contributed by atoms with E-state index in [9.17, 15) is 13.2 Å². The number of hydrogen-bond acceptors (Lipinski definition) is 4. The summed E-state index contributed by atoms with van der Waals surface area (Å²) >= 11 is 11.6. The molecule has 1 aromatic rings. The Bertz CT molecular complexity index is 574. The van der Waals surface area contributed by atoms with Crippen LogP contribution in [0.5, 0.6) is 0 Å². The summed E-state index contributed by atoms with van der Waals surface area (Å²) < 4.78 is 30.0. The molecule has 0 aliphatic carbocycles. The van der Waals surface area contributed by atoms with Crippen LogP contribution in [0.3, 0.4) is 0 Å². The first-order valence-corrected chi connectivity index (χ1v) is 7.56. The van der Waals surface area contributed by atoms with E-state index in [2.05, 4.69) is 0 Å². The first-order valence-electron chi connectivity index (χ1n) is 5.36. The van der Waals surface area contributed by atoms with E-state index in [1.807, 2.05) is 0 Å². The van der Waals surface area contributed by atoms with Gasteiger partial charge in [0, 0.05) is 7.05 Å². The number of halogens is 2. The maximum Gasteiger partial charge on any atom is 0.321 e. The van der Waals surface area contributed by atoms with Crippen LogP contribution in [0, 0.1) is 0 Å². The van der Waals surface area contributed by atoms with E-state index in [4.69, 9.17) is 27.9 Å². The van der Waals surface area contributed by atoms with Crippen molar-refractivity contribution >= 4 is 39.2 Å². The largest absolute Gasteiger partial charge is 0.465 e. The summed E-state index contributed by atoms with van der Waals surface area (Å²) in [6.07, 6.45) is 0. The fourth-order valence-electron chi connectivity index (χ4n) is 1.32. The van der Waals surface area contributed by atoms with Gasteiger partial charge in [0.25, 0.3) is 0 Å². The molecule has 0 radical (unpaired) electrons. The number of likely N-dealkylation sites (N-methyl/N-ethyl adjacent to an activating group) is 1. The Balaban J connectivity index is 3.04. The van der Waals surface area contributed by atoms with Gasteiger partial charge in [0.05, 0.1) is 16.7 Å². The van der Waals surface area contributed by atoms with Gasteiger partial charge in [-0.3, -0.25) is 4.79 Å². The Morgan fingerprint density at radius 1 is 1.37 bits per heavy atom. The fraction of sp³-hybridized carbons (Fsp3) is 0.364. The van der Waals surface area contributed by atoms with Crippen molar-refractivity contribution in [3.05, 3.63) is 28.2 Å². The molecule has 0 spiro atoms. The standard InChI is InChI=1S/C11H13Cl2NO4S/c1-3-18-10(15)7-14(2)19(16,17)9-6-4-5-8(12)11(9)13/h4-6H,3,7H2,1-2H3. The highest BCUT2D eigenvalue weighted by Crippen LogP contribution is 2.30. The third kappa shape index (κ3) is 3.82. The van der Waals surface area contributed by atoms with E-state index < -0.39 is 16.0 Å². The topological polar surface area (TPSA) is 63.7 Å². The first kappa shape index (κ1) is 16.2. The SMILES string of the molecule is CCOC(=O)CN(C)S(=O)(=O)c1cccc(Cl)c1Cl. The molecular formula is C11H13Cl2NO4S. The summed E-state index contributed by atoms with van der Waals surface area (Å²) in [5.41, 5.74) is 0. The van der Waals surface area contributed by atoms with Gasteiger partial charge in [-0.1, -0.05) is 29.3 Å². The minimum absolute atomic E-state index is 0.0696. The molecule has 0 saturated carbocycles. The molecule has 0 amide bonds. The van der Waals surface area contributed by atoms with Crippen LogP contribution in [0.25, 0.3) is 0 Å². The predicted octanol–water partition coefficient (Wildman–Crippen LogP) is 2.18. The van der Waals surface area contributed by atoms with Gasteiger partial charge in [-0.25, -0.2) is 8.42 Å². The van der Waals surface area contributed by atoms with E-state index in [0.29, 0.717) is 0 Å². The lowest BCUT2D eigenvalue weighted by Gasteiger charge is -2.17. The summed E-state index contributed by atoms with van der Waals surface area (Å²) in [4.78, 5) is 11.2. The van der Waals surface area contributed by atoms with Crippen LogP contribution < -0.4 is 0 Å². The van der Waals surface area contributed by atoms with Gasteiger partial charge in [-0.2, -0.15) is 4.31 Å². The Morgan fingerprint density at radius 3 is 2.58 bits per heavy atom. The number of rotatable bonds is 5. The van der Waals surface area contributed by atoms with Gasteiger partial charge < -0.3 is 4.74 Å². The number of nitrogens with zero attached hydrogens (tertiary/aromatic N) is 1. The number of benzene rings is 1. The van der Waals surface area contributed by atoms with E-state index >= 15 is 0 Å². The van der Waals surface area contributed by atoms with Gasteiger partial charge in [-0.05, 0) is 19.1 Å². The van der Waals surface area contributed by atoms with Crippen LogP contribution in [0.4, 0.5) is 0 Å². The smallest absolute Gasteiger partial charge is 0.321 e. The molecule has 0 atom stereocenters. The second-order valence-corrected chi connectivity index (χ2v) is 6.42. The van der Waals surface area contributed by atoms with Crippen molar-refractivity contribution in [2.45, 2.75) is 11.8 Å². The van der Waals surface area contributed by atoms with Gasteiger partial charge in [0.1, 0.15) is 11.4 Å². The fourth-order valence-corrected chi connectivity index (χ4v) is 3.17. The molecule has 0 fully saturated rings. The van der Waals surface area contributed by atoms with Crippen LogP contribution in [-0.4, -0.2) is 38.9 Å². The zero-order chi connectivity index (χ0) is 14.6. The van der Waals surface area contributed by atoms with Gasteiger partial charge in [-0.15, -0.1) is 0 Å². The zero-order valence-electron chi connectivity index (χ0n) is 10.4. The summed E-state index contributed by atoms with van der Waals surface area (Å²) in [7, 11) is -2.62. The number of sulfonamides is 1. The molecule has 0 aliphatic rings. The second-order valence-electron chi connectivity index (χ2n) is 3.62. The number of ether oxygens (including phenoxy) is 1. The Kier molecular flexibility index (Phi) is 5.61. The maximum atomic E-state index is 12.2. The minimum Gasteiger partial charge on any atom is -0.465 e. The third-order valence-electron chi connectivity index (χ3n) is 2.26. The molecule has 106 valence electrons. The van der Waals surface area contributed by atoms with E-state index in [1.54, 1.807) is 6.92 Å². The average Bonchev–Trinajstić information content (AvgIpc) is 2.32. The van der Waals surface area contributed by atoms with E-state index in [1.165, 1.54) is 25.2 Å². The van der Waals surface area contributed by atoms with E-state index in [0.717, 1.165) is 4.31 Å². The number of carbonyl (C=O) groups is 1. The van der Waals surface area contributed by atoms with Crippen molar-refractivity contribution < 1.29 is 17.9 Å². The predicted molar refractivity (Wildman–Crippen MR) is 72.9 cm³/mol. The lowest BCUT2D eigenvalue weighted by atomic mass is 10.4. The molecule has 0 saturated heterocycles. The van der Waals surface area contributed by atoms with Crippen molar-refractivity contribution in [2.75, 3.05) is 20.2 Å². The molecule has 0 N–H and O–H groups in total. The average molecular weight is 326 g/mol. The molecular weight excluding hydrogens is 313 g/mol. The highest BCUT2D eigenvalue weighted by atomic mass is 35.5. The van der Waals surface area contributed by atoms with Crippen LogP contribution in [-0.2, 0) is 19.6 Å². The highest BCUT2D eigenvalue weighted by Gasteiger charge is 2.26. The van der Waals surface area contributed by atoms with Gasteiger partial charge in [0.15, 0.2) is 0 Å². The second kappa shape index (κ2) is 6.56. The molecule has 0 unspecified atom stereocenters. The molecule has 1 rings (SSSR count). The quantitative estimate of drug-likeness (QED) is 0.778. The van der Waals surface area contributed by atoms with Crippen molar-refractivity contribution in [1.29, 1.82) is 0 Å². The summed E-state index contributed by atoms with van der Waals surface area (Å²) in [6, 6.07) is 4.28. The number of esters is 1. The molecule has 0 heterocycles. The highest BCUT2D eigenvalue weighted by molar-refractivity contribution is 7.89. The molecule has 1 aromatic carbocycles. The zero-order valence-corrected chi connectivity index (χ0v) is 12.7. The number of hydrogen-bond donors (Lipinski definition) is 0. The van der Waals surface area contributed by atoms with Crippen molar-refractivity contribution in [1.82, 2.24) is 4.31 Å².